The first-order valence-corrected chi connectivity index (χ1v) is 10.1. The van der Waals surface area contributed by atoms with E-state index in [1.54, 1.807) is 36.4 Å². The Balaban J connectivity index is 2.45. The number of amides is 1. The molecule has 5 nitrogen and oxygen atoms in total. The van der Waals surface area contributed by atoms with E-state index in [0.717, 1.165) is 17.5 Å². The number of benzene rings is 2. The first-order chi connectivity index (χ1) is 12.3. The molecule has 0 bridgehead atoms. The lowest BCUT2D eigenvalue weighted by Crippen LogP contribution is -2.43. The van der Waals surface area contributed by atoms with E-state index in [0.29, 0.717) is 5.69 Å². The summed E-state index contributed by atoms with van der Waals surface area (Å²) in [5.41, 5.74) is 2.27. The van der Waals surface area contributed by atoms with Gasteiger partial charge in [-0.15, -0.1) is 0 Å². The first kappa shape index (κ1) is 20.0. The van der Waals surface area contributed by atoms with E-state index < -0.39 is 10.0 Å². The van der Waals surface area contributed by atoms with Gasteiger partial charge in [0.2, 0.25) is 5.91 Å². The van der Waals surface area contributed by atoms with Crippen LogP contribution in [0.1, 0.15) is 31.4 Å². The predicted octanol–water partition coefficient (Wildman–Crippen LogP) is 3.41. The van der Waals surface area contributed by atoms with Gasteiger partial charge in [0.05, 0.1) is 10.6 Å². The molecule has 1 atom stereocenters. The third-order valence-corrected chi connectivity index (χ3v) is 6.07. The van der Waals surface area contributed by atoms with Crippen LogP contribution in [-0.4, -0.2) is 26.9 Å². The number of sulfonamides is 1. The highest BCUT2D eigenvalue weighted by Gasteiger charge is 2.28. The average Bonchev–Trinajstić information content (AvgIpc) is 2.60. The molecule has 2 rings (SSSR count). The van der Waals surface area contributed by atoms with Crippen molar-refractivity contribution < 1.29 is 13.2 Å². The van der Waals surface area contributed by atoms with Crippen molar-refractivity contribution in [2.75, 3.05) is 10.8 Å². The maximum Gasteiger partial charge on any atom is 0.264 e. The van der Waals surface area contributed by atoms with Gasteiger partial charge in [-0.25, -0.2) is 8.42 Å². The molecular formula is C20H26N2O3S. The molecule has 0 aromatic heterocycles. The van der Waals surface area contributed by atoms with Crippen molar-refractivity contribution in [1.82, 2.24) is 5.32 Å². The van der Waals surface area contributed by atoms with Crippen LogP contribution in [0.3, 0.4) is 0 Å². The molecule has 1 N–H and O–H groups in total. The number of nitrogens with zero attached hydrogens (tertiary/aromatic N) is 1. The quantitative estimate of drug-likeness (QED) is 0.808. The molecule has 0 spiro atoms. The molecule has 0 unspecified atom stereocenters. The zero-order chi connectivity index (χ0) is 19.3. The van der Waals surface area contributed by atoms with Crippen molar-refractivity contribution in [3.8, 4) is 0 Å². The van der Waals surface area contributed by atoms with E-state index in [2.05, 4.69) is 5.32 Å². The molecule has 0 aliphatic carbocycles. The van der Waals surface area contributed by atoms with Crippen molar-refractivity contribution in [3.63, 3.8) is 0 Å². The van der Waals surface area contributed by atoms with Crippen LogP contribution in [0, 0.1) is 13.8 Å². The fraction of sp³-hybridized carbons (Fsp3) is 0.350. The van der Waals surface area contributed by atoms with Gasteiger partial charge in [0.25, 0.3) is 10.0 Å². The molecule has 2 aromatic rings. The zero-order valence-electron chi connectivity index (χ0n) is 15.7. The standard InChI is InChI=1S/C20H26N2O3S/c1-5-17(4)21-20(23)14-22(19-9-7-6-8-16(19)3)26(24,25)18-12-10-15(2)11-13-18/h6-13,17H,5,14H2,1-4H3,(H,21,23)/t17-/m0/s1. The summed E-state index contributed by atoms with van der Waals surface area (Å²) in [7, 11) is -3.86. The molecule has 0 radical (unpaired) electrons. The van der Waals surface area contributed by atoms with Crippen molar-refractivity contribution in [2.45, 2.75) is 45.1 Å². The van der Waals surface area contributed by atoms with Crippen molar-refractivity contribution in [3.05, 3.63) is 59.7 Å². The Bertz CT molecular complexity index is 861. The third kappa shape index (κ3) is 4.64. The Hall–Kier alpha value is -2.34. The number of rotatable bonds is 7. The Morgan fingerprint density at radius 3 is 2.27 bits per heavy atom. The second-order valence-corrected chi connectivity index (χ2v) is 8.35. The monoisotopic (exact) mass is 374 g/mol. The van der Waals surface area contributed by atoms with Gasteiger partial charge in [-0.3, -0.25) is 9.10 Å². The number of carbonyl (C=O) groups excluding carboxylic acids is 1. The van der Waals surface area contributed by atoms with Crippen LogP contribution in [-0.2, 0) is 14.8 Å². The molecule has 0 saturated heterocycles. The largest absolute Gasteiger partial charge is 0.352 e. The number of carbonyl (C=O) groups is 1. The van der Waals surface area contributed by atoms with Gasteiger partial charge < -0.3 is 5.32 Å². The molecule has 0 aliphatic heterocycles. The van der Waals surface area contributed by atoms with Crippen LogP contribution >= 0.6 is 0 Å². The molecule has 1 amide bonds. The van der Waals surface area contributed by atoms with Crippen molar-refractivity contribution >= 4 is 21.6 Å². The molecule has 2 aromatic carbocycles. The minimum atomic E-state index is -3.86. The highest BCUT2D eigenvalue weighted by Crippen LogP contribution is 2.26. The second-order valence-electron chi connectivity index (χ2n) is 6.49. The normalized spacial score (nSPS) is 12.5. The summed E-state index contributed by atoms with van der Waals surface area (Å²) >= 11 is 0. The summed E-state index contributed by atoms with van der Waals surface area (Å²) in [5, 5.41) is 2.84. The number of aryl methyl sites for hydroxylation is 2. The minimum absolute atomic E-state index is 0.0108. The number of para-hydroxylation sites is 1. The van der Waals surface area contributed by atoms with E-state index in [-0.39, 0.29) is 23.4 Å². The van der Waals surface area contributed by atoms with E-state index in [1.807, 2.05) is 39.8 Å². The van der Waals surface area contributed by atoms with Crippen molar-refractivity contribution in [1.29, 1.82) is 0 Å². The smallest absolute Gasteiger partial charge is 0.264 e. The average molecular weight is 375 g/mol. The summed E-state index contributed by atoms with van der Waals surface area (Å²) in [6.45, 7) is 7.33. The van der Waals surface area contributed by atoms with Crippen LogP contribution in [0.15, 0.2) is 53.4 Å². The van der Waals surface area contributed by atoms with Crippen LogP contribution < -0.4 is 9.62 Å². The van der Waals surface area contributed by atoms with Crippen LogP contribution in [0.2, 0.25) is 0 Å². The van der Waals surface area contributed by atoms with Crippen LogP contribution in [0.4, 0.5) is 5.69 Å². The van der Waals surface area contributed by atoms with Gasteiger partial charge in [-0.2, -0.15) is 0 Å². The number of hydrogen-bond donors (Lipinski definition) is 1. The fourth-order valence-corrected chi connectivity index (χ4v) is 4.02. The lowest BCUT2D eigenvalue weighted by Gasteiger charge is -2.26. The number of hydrogen-bond acceptors (Lipinski definition) is 3. The molecular weight excluding hydrogens is 348 g/mol. The molecule has 26 heavy (non-hydrogen) atoms. The molecule has 140 valence electrons. The summed E-state index contributed by atoms with van der Waals surface area (Å²) in [6, 6.07) is 13.8. The predicted molar refractivity (Wildman–Crippen MR) is 105 cm³/mol. The van der Waals surface area contributed by atoms with E-state index >= 15 is 0 Å². The lowest BCUT2D eigenvalue weighted by molar-refractivity contribution is -0.120. The van der Waals surface area contributed by atoms with Gasteiger partial charge in [0.1, 0.15) is 6.54 Å². The highest BCUT2D eigenvalue weighted by molar-refractivity contribution is 7.92. The Kier molecular flexibility index (Phi) is 6.42. The molecule has 0 saturated carbocycles. The number of anilines is 1. The summed E-state index contributed by atoms with van der Waals surface area (Å²) in [5.74, 6) is -0.321. The van der Waals surface area contributed by atoms with E-state index in [9.17, 15) is 13.2 Å². The summed E-state index contributed by atoms with van der Waals surface area (Å²) in [6.07, 6.45) is 0.779. The molecule has 0 fully saturated rings. The Morgan fingerprint density at radius 2 is 1.69 bits per heavy atom. The molecule has 0 aliphatic rings. The van der Waals surface area contributed by atoms with Gasteiger partial charge in [0, 0.05) is 6.04 Å². The van der Waals surface area contributed by atoms with Gasteiger partial charge in [-0.05, 0) is 51.0 Å². The maximum atomic E-state index is 13.2. The minimum Gasteiger partial charge on any atom is -0.352 e. The van der Waals surface area contributed by atoms with Crippen molar-refractivity contribution in [2.24, 2.45) is 0 Å². The third-order valence-electron chi connectivity index (χ3n) is 4.30. The highest BCUT2D eigenvalue weighted by atomic mass is 32.2. The SMILES string of the molecule is CC[C@H](C)NC(=O)CN(c1ccccc1C)S(=O)(=O)c1ccc(C)cc1. The van der Waals surface area contributed by atoms with E-state index in [4.69, 9.17) is 0 Å². The molecule has 6 heteroatoms. The number of nitrogens with one attached hydrogen (secondary N) is 1. The van der Waals surface area contributed by atoms with E-state index in [1.165, 1.54) is 4.31 Å². The first-order valence-electron chi connectivity index (χ1n) is 8.70. The van der Waals surface area contributed by atoms with Gasteiger partial charge >= 0.3 is 0 Å². The fourth-order valence-electron chi connectivity index (χ4n) is 2.53. The summed E-state index contributed by atoms with van der Waals surface area (Å²) < 4.78 is 27.7. The molecule has 0 heterocycles. The summed E-state index contributed by atoms with van der Waals surface area (Å²) in [4.78, 5) is 12.6. The second kappa shape index (κ2) is 8.36. The Labute approximate surface area is 156 Å². The van der Waals surface area contributed by atoms with Gasteiger partial charge in [0.15, 0.2) is 0 Å². The van der Waals surface area contributed by atoms with Gasteiger partial charge in [-0.1, -0.05) is 42.8 Å². The lowest BCUT2D eigenvalue weighted by atomic mass is 10.2. The maximum absolute atomic E-state index is 13.2. The van der Waals surface area contributed by atoms with Crippen LogP contribution in [0.5, 0.6) is 0 Å². The Morgan fingerprint density at radius 1 is 1.08 bits per heavy atom. The van der Waals surface area contributed by atoms with Crippen LogP contribution in [0.25, 0.3) is 0 Å². The topological polar surface area (TPSA) is 66.5 Å². The zero-order valence-corrected chi connectivity index (χ0v) is 16.5.